The molecule has 1 aliphatic rings. The molecule has 2 rings (SSSR count). The molecule has 1 saturated heterocycles. The van der Waals surface area contributed by atoms with E-state index < -0.39 is 6.23 Å². The van der Waals surface area contributed by atoms with E-state index in [9.17, 15) is 9.90 Å². The molecule has 1 N–H and O–H groups in total. The van der Waals surface area contributed by atoms with Gasteiger partial charge in [-0.1, -0.05) is 18.2 Å². The van der Waals surface area contributed by atoms with E-state index in [0.29, 0.717) is 6.42 Å². The van der Waals surface area contributed by atoms with Gasteiger partial charge in [-0.2, -0.15) is 0 Å². The Hall–Kier alpha value is -1.55. The quantitative estimate of drug-likeness (QED) is 0.777. The van der Waals surface area contributed by atoms with Crippen molar-refractivity contribution in [2.45, 2.75) is 32.5 Å². The van der Waals surface area contributed by atoms with Gasteiger partial charge in [-0.25, -0.2) is 5.01 Å². The first-order valence-corrected chi connectivity index (χ1v) is 5.43. The first-order valence-electron chi connectivity index (χ1n) is 5.43. The standard InChI is InChI=1S/C12H16N2O2/c1-9-8-12(16)14(10(2)15)13(9)11-6-4-3-5-7-11/h3-7,9,12,16H,8H2,1-2H3/t9-,12-/m1/s1. The van der Waals surface area contributed by atoms with Crippen LogP contribution in [0.25, 0.3) is 0 Å². The minimum absolute atomic E-state index is 0.126. The number of aliphatic hydroxyl groups is 1. The molecule has 0 bridgehead atoms. The summed E-state index contributed by atoms with van der Waals surface area (Å²) in [5, 5.41) is 13.1. The molecule has 4 heteroatoms. The number of nitrogens with zero attached hydrogens (tertiary/aromatic N) is 2. The average Bonchev–Trinajstić information content (AvgIpc) is 2.55. The second-order valence-electron chi connectivity index (χ2n) is 4.11. The number of amides is 1. The number of anilines is 1. The number of carbonyl (C=O) groups excluding carboxylic acids is 1. The van der Waals surface area contributed by atoms with E-state index in [0.717, 1.165) is 5.69 Å². The van der Waals surface area contributed by atoms with Crippen molar-refractivity contribution >= 4 is 11.6 Å². The van der Waals surface area contributed by atoms with Crippen LogP contribution in [0.15, 0.2) is 30.3 Å². The molecule has 16 heavy (non-hydrogen) atoms. The summed E-state index contributed by atoms with van der Waals surface area (Å²) < 4.78 is 0. The van der Waals surface area contributed by atoms with E-state index in [4.69, 9.17) is 0 Å². The van der Waals surface area contributed by atoms with E-state index in [2.05, 4.69) is 0 Å². The molecule has 0 aromatic heterocycles. The molecule has 4 nitrogen and oxygen atoms in total. The number of benzene rings is 1. The van der Waals surface area contributed by atoms with Gasteiger partial charge < -0.3 is 5.11 Å². The van der Waals surface area contributed by atoms with Crippen molar-refractivity contribution in [2.75, 3.05) is 5.01 Å². The van der Waals surface area contributed by atoms with Crippen LogP contribution in [-0.4, -0.2) is 28.3 Å². The van der Waals surface area contributed by atoms with E-state index in [1.165, 1.54) is 11.9 Å². The third-order valence-corrected chi connectivity index (χ3v) is 2.83. The summed E-state index contributed by atoms with van der Waals surface area (Å²) in [5.74, 6) is -0.138. The van der Waals surface area contributed by atoms with Gasteiger partial charge in [0.1, 0.15) is 0 Å². The smallest absolute Gasteiger partial charge is 0.240 e. The molecule has 1 fully saturated rings. The molecule has 0 unspecified atom stereocenters. The number of hydrogen-bond acceptors (Lipinski definition) is 3. The number of hydrogen-bond donors (Lipinski definition) is 1. The predicted molar refractivity (Wildman–Crippen MR) is 61.5 cm³/mol. The minimum atomic E-state index is -0.715. The van der Waals surface area contributed by atoms with E-state index in [1.54, 1.807) is 0 Å². The third-order valence-electron chi connectivity index (χ3n) is 2.83. The summed E-state index contributed by atoms with van der Waals surface area (Å²) in [5.41, 5.74) is 0.932. The molecular weight excluding hydrogens is 204 g/mol. The zero-order chi connectivity index (χ0) is 11.7. The molecule has 0 saturated carbocycles. The van der Waals surface area contributed by atoms with E-state index in [1.807, 2.05) is 42.3 Å². The molecule has 1 heterocycles. The SMILES string of the molecule is CC(=O)N1[C@H](O)C[C@@H](C)N1c1ccccc1. The average molecular weight is 220 g/mol. The molecule has 0 radical (unpaired) electrons. The van der Waals surface area contributed by atoms with Crippen molar-refractivity contribution in [3.05, 3.63) is 30.3 Å². The second-order valence-corrected chi connectivity index (χ2v) is 4.11. The first kappa shape index (κ1) is 11.0. The van der Waals surface area contributed by atoms with Gasteiger partial charge in [0.25, 0.3) is 0 Å². The Labute approximate surface area is 95.1 Å². The molecule has 2 atom stereocenters. The normalized spacial score (nSPS) is 24.9. The van der Waals surface area contributed by atoms with Crippen LogP contribution in [0, 0.1) is 0 Å². The Balaban J connectivity index is 2.34. The summed E-state index contributed by atoms with van der Waals surface area (Å²) >= 11 is 0. The van der Waals surface area contributed by atoms with Gasteiger partial charge in [-0.15, -0.1) is 0 Å². The van der Waals surface area contributed by atoms with Gasteiger partial charge in [-0.05, 0) is 19.1 Å². The van der Waals surface area contributed by atoms with Crippen LogP contribution in [0.1, 0.15) is 20.3 Å². The third kappa shape index (κ3) is 1.76. The lowest BCUT2D eigenvalue weighted by Gasteiger charge is -2.33. The van der Waals surface area contributed by atoms with Crippen LogP contribution in [-0.2, 0) is 4.79 Å². The Bertz CT molecular complexity index is 380. The molecule has 1 aromatic rings. The van der Waals surface area contributed by atoms with Crippen molar-refractivity contribution in [1.82, 2.24) is 5.01 Å². The molecule has 0 spiro atoms. The van der Waals surface area contributed by atoms with Gasteiger partial charge >= 0.3 is 0 Å². The number of rotatable bonds is 1. The lowest BCUT2D eigenvalue weighted by molar-refractivity contribution is -0.136. The van der Waals surface area contributed by atoms with E-state index >= 15 is 0 Å². The van der Waals surface area contributed by atoms with Crippen LogP contribution in [0.2, 0.25) is 0 Å². The molecule has 86 valence electrons. The monoisotopic (exact) mass is 220 g/mol. The van der Waals surface area contributed by atoms with Crippen molar-refractivity contribution in [3.8, 4) is 0 Å². The lowest BCUT2D eigenvalue weighted by Crippen LogP contribution is -2.46. The van der Waals surface area contributed by atoms with Gasteiger partial charge in [-0.3, -0.25) is 9.80 Å². The number of hydrazine groups is 1. The number of aliphatic hydroxyl groups excluding tert-OH is 1. The summed E-state index contributed by atoms with van der Waals surface area (Å²) in [6.45, 7) is 3.47. The maximum Gasteiger partial charge on any atom is 0.240 e. The van der Waals surface area contributed by atoms with Gasteiger partial charge in [0, 0.05) is 13.3 Å². The van der Waals surface area contributed by atoms with Crippen molar-refractivity contribution in [2.24, 2.45) is 0 Å². The molecule has 1 aromatic carbocycles. The summed E-state index contributed by atoms with van der Waals surface area (Å²) in [4.78, 5) is 11.5. The zero-order valence-corrected chi connectivity index (χ0v) is 9.50. The molecule has 1 aliphatic heterocycles. The predicted octanol–water partition coefficient (Wildman–Crippen LogP) is 1.37. The van der Waals surface area contributed by atoms with Crippen LogP contribution in [0.5, 0.6) is 0 Å². The number of para-hydroxylation sites is 1. The van der Waals surface area contributed by atoms with Gasteiger partial charge in [0.05, 0.1) is 11.7 Å². The van der Waals surface area contributed by atoms with Crippen molar-refractivity contribution < 1.29 is 9.90 Å². The maximum atomic E-state index is 11.5. The fourth-order valence-corrected chi connectivity index (χ4v) is 2.18. The van der Waals surface area contributed by atoms with Crippen LogP contribution in [0.3, 0.4) is 0 Å². The number of carbonyl (C=O) groups is 1. The summed E-state index contributed by atoms with van der Waals surface area (Å²) in [6.07, 6.45) is -0.137. The Morgan fingerprint density at radius 2 is 2.00 bits per heavy atom. The highest BCUT2D eigenvalue weighted by molar-refractivity contribution is 5.76. The Kier molecular flexibility index (Phi) is 2.83. The van der Waals surface area contributed by atoms with Crippen molar-refractivity contribution in [3.63, 3.8) is 0 Å². The fourth-order valence-electron chi connectivity index (χ4n) is 2.18. The van der Waals surface area contributed by atoms with Gasteiger partial charge in [0.2, 0.25) is 5.91 Å². The largest absolute Gasteiger partial charge is 0.372 e. The molecule has 1 amide bonds. The zero-order valence-electron chi connectivity index (χ0n) is 9.50. The topological polar surface area (TPSA) is 43.8 Å². The highest BCUT2D eigenvalue weighted by Crippen LogP contribution is 2.29. The van der Waals surface area contributed by atoms with Crippen LogP contribution in [0.4, 0.5) is 5.69 Å². The van der Waals surface area contributed by atoms with Crippen LogP contribution < -0.4 is 5.01 Å². The second kappa shape index (κ2) is 4.14. The van der Waals surface area contributed by atoms with Crippen molar-refractivity contribution in [1.29, 1.82) is 0 Å². The highest BCUT2D eigenvalue weighted by Gasteiger charge is 2.37. The minimum Gasteiger partial charge on any atom is -0.372 e. The molecule has 0 aliphatic carbocycles. The first-order chi connectivity index (χ1) is 7.61. The van der Waals surface area contributed by atoms with Crippen LogP contribution >= 0.6 is 0 Å². The van der Waals surface area contributed by atoms with Gasteiger partial charge in [0.15, 0.2) is 6.23 Å². The fraction of sp³-hybridized carbons (Fsp3) is 0.417. The Morgan fingerprint density at radius 3 is 2.56 bits per heavy atom. The summed E-state index contributed by atoms with van der Waals surface area (Å²) in [6, 6.07) is 9.77. The summed E-state index contributed by atoms with van der Waals surface area (Å²) in [7, 11) is 0. The van der Waals surface area contributed by atoms with E-state index in [-0.39, 0.29) is 11.9 Å². The molecular formula is C12H16N2O2. The maximum absolute atomic E-state index is 11.5. The lowest BCUT2D eigenvalue weighted by atomic mass is 10.2. The Morgan fingerprint density at radius 1 is 1.38 bits per heavy atom. The highest BCUT2D eigenvalue weighted by atomic mass is 16.3.